The Labute approximate surface area is 68.2 Å². The molecule has 1 fully saturated rings. The Morgan fingerprint density at radius 3 is 2.18 bits per heavy atom. The molecule has 66 valence electrons. The largest absolute Gasteiger partial charge is 0.390 e. The van der Waals surface area contributed by atoms with Gasteiger partial charge in [-0.25, -0.2) is 0 Å². The van der Waals surface area contributed by atoms with Crippen molar-refractivity contribution in [1.82, 2.24) is 0 Å². The highest BCUT2D eigenvalue weighted by molar-refractivity contribution is 4.88. The number of aliphatic hydroxyl groups excluding tert-OH is 2. The maximum Gasteiger partial charge on any atom is 0.0804 e. The van der Waals surface area contributed by atoms with Gasteiger partial charge >= 0.3 is 0 Å². The average molecular weight is 158 g/mol. The molecule has 0 unspecified atom stereocenters. The molecule has 0 heterocycles. The Bertz CT molecular complexity index is 142. The highest BCUT2D eigenvalue weighted by atomic mass is 16.3. The number of aliphatic hydroxyl groups is 2. The molecule has 2 N–H and O–H groups in total. The Morgan fingerprint density at radius 2 is 1.73 bits per heavy atom. The summed E-state index contributed by atoms with van der Waals surface area (Å²) in [6.07, 6.45) is 0.433. The van der Waals surface area contributed by atoms with Crippen LogP contribution in [0.2, 0.25) is 0 Å². The molecule has 3 atom stereocenters. The zero-order valence-corrected chi connectivity index (χ0v) is 7.54. The lowest BCUT2D eigenvalue weighted by atomic mass is 9.68. The molecule has 2 nitrogen and oxygen atoms in total. The van der Waals surface area contributed by atoms with Crippen LogP contribution in [0.1, 0.15) is 33.6 Å². The minimum absolute atomic E-state index is 0.179. The summed E-state index contributed by atoms with van der Waals surface area (Å²) < 4.78 is 0. The van der Waals surface area contributed by atoms with Gasteiger partial charge in [-0.1, -0.05) is 20.8 Å². The second-order valence-electron chi connectivity index (χ2n) is 4.46. The molecule has 2 heteroatoms. The number of hydrogen-bond acceptors (Lipinski definition) is 2. The van der Waals surface area contributed by atoms with Crippen LogP contribution in [-0.2, 0) is 0 Å². The van der Waals surface area contributed by atoms with Crippen molar-refractivity contribution in [2.75, 3.05) is 0 Å². The molecule has 0 aromatic heterocycles. The second kappa shape index (κ2) is 2.76. The van der Waals surface area contributed by atoms with Gasteiger partial charge in [-0.15, -0.1) is 0 Å². The predicted octanol–water partition coefficient (Wildman–Crippen LogP) is 1.16. The van der Waals surface area contributed by atoms with E-state index in [4.69, 9.17) is 0 Å². The van der Waals surface area contributed by atoms with E-state index in [1.54, 1.807) is 0 Å². The highest BCUT2D eigenvalue weighted by Crippen LogP contribution is 2.40. The summed E-state index contributed by atoms with van der Waals surface area (Å²) in [6.45, 7) is 6.43. The first kappa shape index (κ1) is 9.01. The molecule has 0 aromatic rings. The van der Waals surface area contributed by atoms with Gasteiger partial charge in [0.25, 0.3) is 0 Å². The van der Waals surface area contributed by atoms with E-state index < -0.39 is 12.2 Å². The van der Waals surface area contributed by atoms with Crippen LogP contribution in [0.4, 0.5) is 0 Å². The Kier molecular flexibility index (Phi) is 2.26. The third-order valence-electron chi connectivity index (χ3n) is 3.11. The van der Waals surface area contributed by atoms with E-state index in [2.05, 4.69) is 20.8 Å². The Hall–Kier alpha value is -0.0800. The van der Waals surface area contributed by atoms with Crippen molar-refractivity contribution in [2.45, 2.75) is 45.8 Å². The van der Waals surface area contributed by atoms with Gasteiger partial charge in [-0.05, 0) is 24.2 Å². The molecular formula is C9H18O2. The minimum atomic E-state index is -0.513. The summed E-state index contributed by atoms with van der Waals surface area (Å²) >= 11 is 0. The molecule has 0 amide bonds. The van der Waals surface area contributed by atoms with Crippen LogP contribution in [0, 0.1) is 11.3 Å². The number of hydrogen-bond donors (Lipinski definition) is 2. The van der Waals surface area contributed by atoms with Crippen LogP contribution in [-0.4, -0.2) is 22.4 Å². The summed E-state index contributed by atoms with van der Waals surface area (Å²) in [5, 5.41) is 18.7. The van der Waals surface area contributed by atoms with Crippen molar-refractivity contribution in [3.05, 3.63) is 0 Å². The van der Waals surface area contributed by atoms with Gasteiger partial charge in [-0.2, -0.15) is 0 Å². The highest BCUT2D eigenvalue weighted by Gasteiger charge is 2.37. The lowest BCUT2D eigenvalue weighted by molar-refractivity contribution is -0.0687. The van der Waals surface area contributed by atoms with Crippen LogP contribution in [0.25, 0.3) is 0 Å². The summed E-state index contributed by atoms with van der Waals surface area (Å²) in [7, 11) is 0. The van der Waals surface area contributed by atoms with Gasteiger partial charge in [0.15, 0.2) is 0 Å². The van der Waals surface area contributed by atoms with E-state index in [0.29, 0.717) is 5.92 Å². The first-order valence-corrected chi connectivity index (χ1v) is 4.29. The van der Waals surface area contributed by atoms with Crippen LogP contribution in [0.15, 0.2) is 0 Å². The molecular weight excluding hydrogens is 140 g/mol. The summed E-state index contributed by atoms with van der Waals surface area (Å²) in [6, 6.07) is 0. The average Bonchev–Trinajstić information content (AvgIpc) is 1.83. The summed E-state index contributed by atoms with van der Waals surface area (Å²) in [4.78, 5) is 0. The molecule has 0 spiro atoms. The summed E-state index contributed by atoms with van der Waals surface area (Å²) in [5.41, 5.74) is 0.179. The van der Waals surface area contributed by atoms with Gasteiger partial charge in [0, 0.05) is 0 Å². The van der Waals surface area contributed by atoms with Gasteiger partial charge in [0.2, 0.25) is 0 Å². The van der Waals surface area contributed by atoms with Crippen LogP contribution < -0.4 is 0 Å². The Balaban J connectivity index is 2.63. The molecule has 0 aromatic carbocycles. The monoisotopic (exact) mass is 158 g/mol. The SMILES string of the molecule is C[C@H]1C[C@H](O)[C@H](O)CC1(C)C. The maximum atomic E-state index is 9.38. The van der Waals surface area contributed by atoms with Crippen molar-refractivity contribution in [1.29, 1.82) is 0 Å². The second-order valence-corrected chi connectivity index (χ2v) is 4.46. The van der Waals surface area contributed by atoms with E-state index >= 15 is 0 Å². The first-order chi connectivity index (χ1) is 4.93. The smallest absolute Gasteiger partial charge is 0.0804 e. The van der Waals surface area contributed by atoms with E-state index in [9.17, 15) is 10.2 Å². The minimum Gasteiger partial charge on any atom is -0.390 e. The molecule has 0 aliphatic heterocycles. The molecule has 1 aliphatic rings. The fourth-order valence-corrected chi connectivity index (χ4v) is 1.71. The van der Waals surface area contributed by atoms with Crippen LogP contribution >= 0.6 is 0 Å². The molecule has 11 heavy (non-hydrogen) atoms. The van der Waals surface area contributed by atoms with Gasteiger partial charge in [0.1, 0.15) is 0 Å². The van der Waals surface area contributed by atoms with Crippen molar-refractivity contribution in [3.8, 4) is 0 Å². The van der Waals surface area contributed by atoms with E-state index in [1.165, 1.54) is 0 Å². The lowest BCUT2D eigenvalue weighted by Gasteiger charge is -2.41. The van der Waals surface area contributed by atoms with Gasteiger partial charge in [-0.3, -0.25) is 0 Å². The number of rotatable bonds is 0. The maximum absolute atomic E-state index is 9.38. The topological polar surface area (TPSA) is 40.5 Å². The standard InChI is InChI=1S/C9H18O2/c1-6-4-7(10)8(11)5-9(6,2)3/h6-8,10-11H,4-5H2,1-3H3/t6-,7-,8+/m0/s1. The molecule has 1 rings (SSSR count). The zero-order valence-electron chi connectivity index (χ0n) is 7.54. The first-order valence-electron chi connectivity index (χ1n) is 4.29. The van der Waals surface area contributed by atoms with Gasteiger partial charge < -0.3 is 10.2 Å². The van der Waals surface area contributed by atoms with Crippen LogP contribution in [0.5, 0.6) is 0 Å². The Morgan fingerprint density at radius 1 is 1.18 bits per heavy atom. The lowest BCUT2D eigenvalue weighted by Crippen LogP contribution is -2.42. The fourth-order valence-electron chi connectivity index (χ4n) is 1.71. The fraction of sp³-hybridized carbons (Fsp3) is 1.00. The molecule has 1 aliphatic carbocycles. The van der Waals surface area contributed by atoms with Crippen molar-refractivity contribution < 1.29 is 10.2 Å². The van der Waals surface area contributed by atoms with Crippen molar-refractivity contribution in [3.63, 3.8) is 0 Å². The third-order valence-corrected chi connectivity index (χ3v) is 3.11. The van der Waals surface area contributed by atoms with E-state index in [-0.39, 0.29) is 5.41 Å². The van der Waals surface area contributed by atoms with Gasteiger partial charge in [0.05, 0.1) is 12.2 Å². The molecule has 1 saturated carbocycles. The third kappa shape index (κ3) is 1.74. The molecule has 0 bridgehead atoms. The van der Waals surface area contributed by atoms with Crippen LogP contribution in [0.3, 0.4) is 0 Å². The molecule has 0 saturated heterocycles. The van der Waals surface area contributed by atoms with E-state index in [0.717, 1.165) is 12.8 Å². The van der Waals surface area contributed by atoms with Crippen molar-refractivity contribution >= 4 is 0 Å². The van der Waals surface area contributed by atoms with E-state index in [1.807, 2.05) is 0 Å². The quantitative estimate of drug-likeness (QED) is 0.555. The normalized spacial score (nSPS) is 43.9. The zero-order chi connectivity index (χ0) is 8.65. The predicted molar refractivity (Wildman–Crippen MR) is 44.2 cm³/mol. The summed E-state index contributed by atoms with van der Waals surface area (Å²) in [5.74, 6) is 0.501. The van der Waals surface area contributed by atoms with Crippen molar-refractivity contribution in [2.24, 2.45) is 11.3 Å². The molecule has 0 radical (unpaired) electrons.